The van der Waals surface area contributed by atoms with E-state index in [9.17, 15) is 14.7 Å². The van der Waals surface area contributed by atoms with Gasteiger partial charge in [0.15, 0.2) is 0 Å². The highest BCUT2D eigenvalue weighted by molar-refractivity contribution is 6.33. The molecular weight excluding hydrogens is 554 g/mol. The maximum Gasteiger partial charge on any atom is 0.341 e. The van der Waals surface area contributed by atoms with E-state index in [4.69, 9.17) is 16.6 Å². The van der Waals surface area contributed by atoms with Crippen molar-refractivity contribution in [3.63, 3.8) is 0 Å². The molecule has 1 saturated heterocycles. The number of aromatic carboxylic acids is 1. The van der Waals surface area contributed by atoms with Gasteiger partial charge in [0.2, 0.25) is 5.43 Å². The smallest absolute Gasteiger partial charge is 0.341 e. The van der Waals surface area contributed by atoms with Crippen LogP contribution in [0.2, 0.25) is 5.02 Å². The summed E-state index contributed by atoms with van der Waals surface area (Å²) >= 11 is 6.61. The molecule has 0 amide bonds. The van der Waals surface area contributed by atoms with E-state index in [1.165, 1.54) is 19.0 Å². The number of aromatic nitrogens is 4. The van der Waals surface area contributed by atoms with Gasteiger partial charge in [0.05, 0.1) is 27.7 Å². The second-order valence-corrected chi connectivity index (χ2v) is 12.3. The maximum absolute atomic E-state index is 13.2. The van der Waals surface area contributed by atoms with Gasteiger partial charge in [-0.05, 0) is 57.0 Å². The number of hydrogen-bond acceptors (Lipinski definition) is 7. The first-order valence-electron chi connectivity index (χ1n) is 14.1. The van der Waals surface area contributed by atoms with Gasteiger partial charge in [-0.15, -0.1) is 0 Å². The average molecular weight is 586 g/mol. The quantitative estimate of drug-likeness (QED) is 0.269. The first kappa shape index (κ1) is 26.7. The Morgan fingerprint density at radius 1 is 1.14 bits per heavy atom. The maximum atomic E-state index is 13.2. The molecule has 10 nitrogen and oxygen atoms in total. The summed E-state index contributed by atoms with van der Waals surface area (Å²) in [4.78, 5) is 42.9. The number of nitrogens with zero attached hydrogens (tertiary/aromatic N) is 5. The number of fused-ring (bicyclic) bond motifs is 5. The van der Waals surface area contributed by atoms with Gasteiger partial charge < -0.3 is 29.8 Å². The minimum Gasteiger partial charge on any atom is -0.477 e. The first-order chi connectivity index (χ1) is 20.2. The lowest BCUT2D eigenvalue weighted by Crippen LogP contribution is -2.35. The molecule has 3 atom stereocenters. The molecule has 1 aliphatic heterocycles. The Morgan fingerprint density at radius 3 is 2.69 bits per heavy atom. The van der Waals surface area contributed by atoms with Crippen molar-refractivity contribution in [1.82, 2.24) is 24.4 Å². The minimum absolute atomic E-state index is 0.256. The standard InChI is InChI=1S/C31H32ClN7O3/c1-33-23-9-17(32)8-18-25-27(39-12-15-5-6-24(37(2)3)21(15)14-39)20(11-34-29(25)36-26(18)23)16-7-19-28(40)22(31(41)42)13-38(4)30(19)35-10-16/h7-11,13,15,21,24,33H,5-6,12,14H2,1-4H3,(H,34,36)(H,41,42)/t15-,21+,24-/m1/s1. The van der Waals surface area contributed by atoms with Crippen LogP contribution in [-0.4, -0.2) is 75.8 Å². The van der Waals surface area contributed by atoms with Crippen molar-refractivity contribution in [3.8, 4) is 11.1 Å². The minimum atomic E-state index is -1.26. The lowest BCUT2D eigenvalue weighted by molar-refractivity contribution is 0.0695. The van der Waals surface area contributed by atoms with E-state index in [1.54, 1.807) is 23.9 Å². The number of aromatic amines is 1. The summed E-state index contributed by atoms with van der Waals surface area (Å²) in [5, 5.41) is 15.7. The highest BCUT2D eigenvalue weighted by Crippen LogP contribution is 2.48. The lowest BCUT2D eigenvalue weighted by atomic mass is 9.97. The third-order valence-corrected chi connectivity index (χ3v) is 9.51. The van der Waals surface area contributed by atoms with Crippen molar-refractivity contribution in [2.45, 2.75) is 18.9 Å². The number of halogens is 1. The number of benzene rings is 1. The van der Waals surface area contributed by atoms with E-state index in [-0.39, 0.29) is 10.9 Å². The third kappa shape index (κ3) is 3.96. The van der Waals surface area contributed by atoms with Gasteiger partial charge in [-0.1, -0.05) is 11.6 Å². The summed E-state index contributed by atoms with van der Waals surface area (Å²) in [6.45, 7) is 1.82. The SMILES string of the molecule is CNc1cc(Cl)cc2c1[nH]c1ncc(-c3cnc4c(c3)c(=O)c(C(=O)O)cn4C)c(N3C[C@H]4CC[C@@H](N(C)C)[C@H]4C3)c12. The van der Waals surface area contributed by atoms with Crippen LogP contribution in [-0.2, 0) is 7.05 Å². The molecule has 7 rings (SSSR count). The Bertz CT molecular complexity index is 1980. The molecule has 0 spiro atoms. The Morgan fingerprint density at radius 2 is 1.95 bits per heavy atom. The van der Waals surface area contributed by atoms with Crippen LogP contribution in [0.4, 0.5) is 11.4 Å². The van der Waals surface area contributed by atoms with Gasteiger partial charge in [0, 0.05) is 73.4 Å². The van der Waals surface area contributed by atoms with Crippen LogP contribution in [0.1, 0.15) is 23.2 Å². The van der Waals surface area contributed by atoms with Crippen LogP contribution < -0.4 is 15.6 Å². The van der Waals surface area contributed by atoms with Crippen LogP contribution in [0.25, 0.3) is 44.1 Å². The highest BCUT2D eigenvalue weighted by atomic mass is 35.5. The summed E-state index contributed by atoms with van der Waals surface area (Å²) in [6.07, 6.45) is 7.28. The van der Waals surface area contributed by atoms with Gasteiger partial charge in [0.1, 0.15) is 16.9 Å². The van der Waals surface area contributed by atoms with Crippen molar-refractivity contribution < 1.29 is 9.90 Å². The molecule has 5 aromatic rings. The van der Waals surface area contributed by atoms with Gasteiger partial charge >= 0.3 is 5.97 Å². The molecule has 11 heteroatoms. The fourth-order valence-electron chi connectivity index (χ4n) is 7.37. The summed E-state index contributed by atoms with van der Waals surface area (Å²) in [6, 6.07) is 6.14. The molecule has 0 radical (unpaired) electrons. The summed E-state index contributed by atoms with van der Waals surface area (Å²) in [5.74, 6) is -0.144. The Balaban J connectivity index is 1.50. The summed E-state index contributed by atoms with van der Waals surface area (Å²) < 4.78 is 1.58. The normalized spacial score (nSPS) is 20.3. The molecule has 216 valence electrons. The molecule has 0 unspecified atom stereocenters. The van der Waals surface area contributed by atoms with E-state index in [1.807, 2.05) is 25.4 Å². The lowest BCUT2D eigenvalue weighted by Gasteiger charge is -2.28. The fraction of sp³-hybridized carbons (Fsp3) is 0.355. The largest absolute Gasteiger partial charge is 0.477 e. The molecule has 42 heavy (non-hydrogen) atoms. The summed E-state index contributed by atoms with van der Waals surface area (Å²) in [7, 11) is 7.89. The molecule has 3 N–H and O–H groups in total. The monoisotopic (exact) mass is 585 g/mol. The molecule has 1 aliphatic carbocycles. The predicted octanol–water partition coefficient (Wildman–Crippen LogP) is 4.80. The Hall–Kier alpha value is -4.15. The zero-order chi connectivity index (χ0) is 29.4. The van der Waals surface area contributed by atoms with Crippen molar-refractivity contribution >= 4 is 61.9 Å². The molecule has 5 heterocycles. The van der Waals surface area contributed by atoms with Crippen LogP contribution in [0, 0.1) is 11.8 Å². The number of hydrogen-bond donors (Lipinski definition) is 3. The van der Waals surface area contributed by atoms with Crippen LogP contribution in [0.5, 0.6) is 0 Å². The first-order valence-corrected chi connectivity index (χ1v) is 14.5. The highest BCUT2D eigenvalue weighted by Gasteiger charge is 2.44. The second-order valence-electron chi connectivity index (χ2n) is 11.8. The molecule has 1 aromatic carbocycles. The van der Waals surface area contributed by atoms with Crippen molar-refractivity contribution in [2.24, 2.45) is 18.9 Å². The second kappa shape index (κ2) is 9.71. The number of pyridine rings is 3. The molecule has 0 bridgehead atoms. The topological polar surface area (TPSA) is 119 Å². The number of nitrogens with one attached hydrogen (secondary N) is 2. The van der Waals surface area contributed by atoms with Gasteiger partial charge in [-0.25, -0.2) is 14.8 Å². The van der Waals surface area contributed by atoms with Crippen LogP contribution in [0.3, 0.4) is 0 Å². The van der Waals surface area contributed by atoms with E-state index in [0.29, 0.717) is 34.1 Å². The van der Waals surface area contributed by atoms with Crippen LogP contribution >= 0.6 is 11.6 Å². The molecule has 4 aromatic heterocycles. The van der Waals surface area contributed by atoms with Crippen molar-refractivity contribution in [1.29, 1.82) is 0 Å². The van der Waals surface area contributed by atoms with Gasteiger partial charge in [-0.2, -0.15) is 0 Å². The van der Waals surface area contributed by atoms with Crippen molar-refractivity contribution in [3.05, 3.63) is 57.6 Å². The zero-order valence-electron chi connectivity index (χ0n) is 23.9. The fourth-order valence-corrected chi connectivity index (χ4v) is 7.59. The Kier molecular flexibility index (Phi) is 6.18. The summed E-state index contributed by atoms with van der Waals surface area (Å²) in [5.41, 5.74) is 4.71. The van der Waals surface area contributed by atoms with Crippen molar-refractivity contribution in [2.75, 3.05) is 44.4 Å². The number of H-pyrrole nitrogens is 1. The number of carboxylic acids is 1. The zero-order valence-corrected chi connectivity index (χ0v) is 24.7. The molecule has 2 aliphatic rings. The van der Waals surface area contributed by atoms with E-state index >= 15 is 0 Å². The van der Waals surface area contributed by atoms with E-state index in [2.05, 4.69) is 39.2 Å². The third-order valence-electron chi connectivity index (χ3n) is 9.29. The number of rotatable bonds is 5. The number of aryl methyl sites for hydroxylation is 1. The van der Waals surface area contributed by atoms with E-state index in [0.717, 1.165) is 52.0 Å². The number of anilines is 2. The predicted molar refractivity (Wildman–Crippen MR) is 167 cm³/mol. The number of carbonyl (C=O) groups is 1. The van der Waals surface area contributed by atoms with Crippen LogP contribution in [0.15, 0.2) is 41.6 Å². The Labute approximate surface area is 246 Å². The van der Waals surface area contributed by atoms with Gasteiger partial charge in [-0.3, -0.25) is 4.79 Å². The average Bonchev–Trinajstić information content (AvgIpc) is 3.66. The molecular formula is C31H32ClN7O3. The molecule has 2 fully saturated rings. The number of carboxylic acid groups (broad SMARTS) is 1. The van der Waals surface area contributed by atoms with E-state index < -0.39 is 11.4 Å². The molecule has 1 saturated carbocycles. The van der Waals surface area contributed by atoms with Gasteiger partial charge in [0.25, 0.3) is 0 Å².